The van der Waals surface area contributed by atoms with Gasteiger partial charge in [0, 0.05) is 45.7 Å². The first-order valence-corrected chi connectivity index (χ1v) is 7.71. The average molecular weight is 305 g/mol. The minimum atomic E-state index is 0.0409. The summed E-state index contributed by atoms with van der Waals surface area (Å²) in [6, 6.07) is 0.0409. The Morgan fingerprint density at radius 2 is 1.91 bits per heavy atom. The number of amides is 2. The van der Waals surface area contributed by atoms with Gasteiger partial charge in [0.05, 0.1) is 25.5 Å². The summed E-state index contributed by atoms with van der Waals surface area (Å²) in [6.07, 6.45) is 0.787. The quantitative estimate of drug-likeness (QED) is 0.763. The Morgan fingerprint density at radius 3 is 2.59 bits per heavy atom. The maximum atomic E-state index is 12.2. The Morgan fingerprint density at radius 1 is 1.18 bits per heavy atom. The maximum Gasteiger partial charge on any atom is 0.319 e. The summed E-state index contributed by atoms with van der Waals surface area (Å²) in [6.45, 7) is 6.34. The van der Waals surface area contributed by atoms with E-state index in [0.717, 1.165) is 55.6 Å². The number of ether oxygens (including phenoxy) is 1. The van der Waals surface area contributed by atoms with Gasteiger partial charge in [-0.15, -0.1) is 0 Å². The second-order valence-corrected chi connectivity index (χ2v) is 5.97. The zero-order chi connectivity index (χ0) is 15.7. The van der Waals surface area contributed by atoms with Gasteiger partial charge in [0.1, 0.15) is 11.6 Å². The van der Waals surface area contributed by atoms with Gasteiger partial charge in [-0.25, -0.2) is 14.8 Å². The first-order valence-electron chi connectivity index (χ1n) is 7.71. The topological polar surface area (TPSA) is 61.8 Å². The van der Waals surface area contributed by atoms with E-state index in [9.17, 15) is 4.79 Å². The molecule has 1 aromatic heterocycles. The van der Waals surface area contributed by atoms with E-state index in [1.807, 2.05) is 11.8 Å². The normalized spacial score (nSPS) is 18.1. The van der Waals surface area contributed by atoms with Gasteiger partial charge in [-0.2, -0.15) is 0 Å². The summed E-state index contributed by atoms with van der Waals surface area (Å²) in [4.78, 5) is 27.2. The van der Waals surface area contributed by atoms with Gasteiger partial charge < -0.3 is 19.4 Å². The van der Waals surface area contributed by atoms with E-state index >= 15 is 0 Å². The number of fused-ring (bicyclic) bond motifs is 1. The van der Waals surface area contributed by atoms with Crippen LogP contribution in [0.15, 0.2) is 0 Å². The monoisotopic (exact) mass is 305 g/mol. The van der Waals surface area contributed by atoms with Crippen molar-refractivity contribution < 1.29 is 9.53 Å². The molecule has 120 valence electrons. The second-order valence-electron chi connectivity index (χ2n) is 5.97. The molecule has 0 aromatic carbocycles. The van der Waals surface area contributed by atoms with Crippen LogP contribution < -0.4 is 4.90 Å². The highest BCUT2D eigenvalue weighted by molar-refractivity contribution is 5.74. The summed E-state index contributed by atoms with van der Waals surface area (Å²) in [5.74, 6) is 1.77. The van der Waals surface area contributed by atoms with E-state index in [1.54, 1.807) is 19.0 Å². The van der Waals surface area contributed by atoms with Crippen molar-refractivity contribution in [2.75, 3.05) is 51.8 Å². The first kappa shape index (κ1) is 15.0. The number of carbonyl (C=O) groups is 1. The molecule has 2 aliphatic heterocycles. The molecule has 7 heteroatoms. The number of anilines is 1. The first-order chi connectivity index (χ1) is 10.6. The number of nitrogens with zero attached hydrogens (tertiary/aromatic N) is 5. The van der Waals surface area contributed by atoms with Crippen molar-refractivity contribution in [3.8, 4) is 0 Å². The average Bonchev–Trinajstić information content (AvgIpc) is 2.53. The Bertz CT molecular complexity index is 569. The van der Waals surface area contributed by atoms with Gasteiger partial charge in [0.2, 0.25) is 0 Å². The summed E-state index contributed by atoms with van der Waals surface area (Å²) in [5.41, 5.74) is 2.17. The maximum absolute atomic E-state index is 12.2. The lowest BCUT2D eigenvalue weighted by atomic mass is 10.1. The molecule has 2 aliphatic rings. The standard InChI is InChI=1S/C15H23N5O2/c1-11-16-13-4-5-20(15(21)18(2)3)10-12(13)14(17-11)19-6-8-22-9-7-19/h4-10H2,1-3H3. The van der Waals surface area contributed by atoms with Crippen LogP contribution in [0.25, 0.3) is 0 Å². The lowest BCUT2D eigenvalue weighted by Crippen LogP contribution is -2.44. The molecule has 22 heavy (non-hydrogen) atoms. The zero-order valence-corrected chi connectivity index (χ0v) is 13.5. The highest BCUT2D eigenvalue weighted by Crippen LogP contribution is 2.27. The molecule has 0 spiro atoms. The number of morpholine rings is 1. The molecule has 0 bridgehead atoms. The Kier molecular flexibility index (Phi) is 4.15. The molecule has 0 aliphatic carbocycles. The van der Waals surface area contributed by atoms with E-state index in [1.165, 1.54) is 0 Å². The van der Waals surface area contributed by atoms with Crippen LogP contribution >= 0.6 is 0 Å². The molecule has 0 radical (unpaired) electrons. The van der Waals surface area contributed by atoms with Crippen molar-refractivity contribution in [2.24, 2.45) is 0 Å². The van der Waals surface area contributed by atoms with Crippen LogP contribution in [0, 0.1) is 6.92 Å². The van der Waals surface area contributed by atoms with E-state index in [0.29, 0.717) is 13.1 Å². The molecule has 0 atom stereocenters. The Balaban J connectivity index is 1.92. The predicted octanol–water partition coefficient (Wildman–Crippen LogP) is 0.661. The van der Waals surface area contributed by atoms with Gasteiger partial charge in [0.25, 0.3) is 0 Å². The molecule has 2 amide bonds. The second kappa shape index (κ2) is 6.08. The predicted molar refractivity (Wildman–Crippen MR) is 83.0 cm³/mol. The SMILES string of the molecule is Cc1nc2c(c(N3CCOCC3)n1)CN(C(=O)N(C)C)CC2. The van der Waals surface area contributed by atoms with Crippen LogP contribution in [-0.2, 0) is 17.7 Å². The van der Waals surface area contributed by atoms with Crippen molar-refractivity contribution in [1.82, 2.24) is 19.8 Å². The smallest absolute Gasteiger partial charge is 0.319 e. The number of aromatic nitrogens is 2. The van der Waals surface area contributed by atoms with Crippen LogP contribution in [0.4, 0.5) is 10.6 Å². The minimum Gasteiger partial charge on any atom is -0.378 e. The van der Waals surface area contributed by atoms with Crippen LogP contribution in [0.1, 0.15) is 17.1 Å². The molecule has 0 N–H and O–H groups in total. The molecular formula is C15H23N5O2. The van der Waals surface area contributed by atoms with Gasteiger partial charge in [-0.3, -0.25) is 0 Å². The van der Waals surface area contributed by atoms with Crippen LogP contribution in [0.2, 0.25) is 0 Å². The van der Waals surface area contributed by atoms with Gasteiger partial charge in [-0.1, -0.05) is 0 Å². The fraction of sp³-hybridized carbons (Fsp3) is 0.667. The molecule has 0 saturated carbocycles. The Hall–Kier alpha value is -1.89. The van der Waals surface area contributed by atoms with Crippen molar-refractivity contribution in [1.29, 1.82) is 0 Å². The number of rotatable bonds is 1. The van der Waals surface area contributed by atoms with Crippen molar-refractivity contribution >= 4 is 11.8 Å². The van der Waals surface area contributed by atoms with Crippen LogP contribution in [0.3, 0.4) is 0 Å². The molecule has 3 heterocycles. The molecular weight excluding hydrogens is 282 g/mol. The summed E-state index contributed by atoms with van der Waals surface area (Å²) >= 11 is 0. The molecule has 1 saturated heterocycles. The highest BCUT2D eigenvalue weighted by Gasteiger charge is 2.28. The lowest BCUT2D eigenvalue weighted by Gasteiger charge is -2.35. The third kappa shape index (κ3) is 2.85. The molecule has 1 aromatic rings. The number of hydrogen-bond acceptors (Lipinski definition) is 5. The number of carbonyl (C=O) groups excluding carboxylic acids is 1. The van der Waals surface area contributed by atoms with Crippen LogP contribution in [0.5, 0.6) is 0 Å². The molecule has 3 rings (SSSR count). The van der Waals surface area contributed by atoms with E-state index in [-0.39, 0.29) is 6.03 Å². The van der Waals surface area contributed by atoms with E-state index < -0.39 is 0 Å². The fourth-order valence-electron chi connectivity index (χ4n) is 3.00. The summed E-state index contributed by atoms with van der Waals surface area (Å²) in [7, 11) is 3.57. The fourth-order valence-corrected chi connectivity index (χ4v) is 3.00. The van der Waals surface area contributed by atoms with Gasteiger partial charge in [0.15, 0.2) is 0 Å². The van der Waals surface area contributed by atoms with Gasteiger partial charge in [-0.05, 0) is 6.92 Å². The molecule has 0 unspecified atom stereocenters. The third-order valence-corrected chi connectivity index (χ3v) is 4.11. The number of hydrogen-bond donors (Lipinski definition) is 0. The van der Waals surface area contributed by atoms with Crippen molar-refractivity contribution in [2.45, 2.75) is 19.9 Å². The van der Waals surface area contributed by atoms with E-state index in [4.69, 9.17) is 4.74 Å². The van der Waals surface area contributed by atoms with Crippen LogP contribution in [-0.4, -0.2) is 72.7 Å². The van der Waals surface area contributed by atoms with Crippen molar-refractivity contribution in [3.63, 3.8) is 0 Å². The lowest BCUT2D eigenvalue weighted by molar-refractivity contribution is 0.122. The Labute approximate surface area is 130 Å². The summed E-state index contributed by atoms with van der Waals surface area (Å²) < 4.78 is 5.43. The van der Waals surface area contributed by atoms with Gasteiger partial charge >= 0.3 is 6.03 Å². The zero-order valence-electron chi connectivity index (χ0n) is 13.5. The minimum absolute atomic E-state index is 0.0409. The number of urea groups is 1. The molecule has 7 nitrogen and oxygen atoms in total. The van der Waals surface area contributed by atoms with Crippen molar-refractivity contribution in [3.05, 3.63) is 17.1 Å². The largest absolute Gasteiger partial charge is 0.378 e. The highest BCUT2D eigenvalue weighted by atomic mass is 16.5. The molecule has 1 fully saturated rings. The summed E-state index contributed by atoms with van der Waals surface area (Å²) in [5, 5.41) is 0. The number of aryl methyl sites for hydroxylation is 1. The van der Waals surface area contributed by atoms with E-state index in [2.05, 4.69) is 14.9 Å². The third-order valence-electron chi connectivity index (χ3n) is 4.11.